The zero-order chi connectivity index (χ0) is 69.1. The molecule has 4 aromatic carbocycles. The average Bonchev–Trinajstić information content (AvgIpc) is 1.50. The quantitative estimate of drug-likeness (QED) is 0.0612. The lowest BCUT2D eigenvalue weighted by molar-refractivity contribution is 0.614. The first-order valence-electron chi connectivity index (χ1n) is 31.1. The van der Waals surface area contributed by atoms with Crippen LogP contribution < -0.4 is 46.6 Å². The lowest BCUT2D eigenvalue weighted by atomic mass is 10.2. The van der Waals surface area contributed by atoms with E-state index in [-0.39, 0.29) is 28.4 Å². The first-order chi connectivity index (χ1) is 47.5. The number of rotatable bonds is 16. The van der Waals surface area contributed by atoms with E-state index >= 15 is 0 Å². The number of nitrogens with two attached hydrogens (primary N) is 1. The molecule has 0 spiro atoms. The van der Waals surface area contributed by atoms with Crippen LogP contribution in [0.3, 0.4) is 0 Å². The van der Waals surface area contributed by atoms with Crippen LogP contribution in [0.2, 0.25) is 0 Å². The SMILES string of the molecule is CCc1cn(-c2ccc(N3CCS(=O)CC3)c(F)c2)nn1.CNC(=S)NCc1cn(-c2ccc(N3CCS(=O)CC3)c(F)c2)nn1.Fc1cc(-n2cc(CNC(=S)c3ccccn3)nn2)ccc1N1CCSCC1.NC(=S)NCc1cn(-c2ccc(N3CCS(=O)CC3)c(F)c2)nn1. The number of aryl methyl sites for hydroxylation is 1. The number of nitrogens with zero attached hydrogens (tertiary/aromatic N) is 17. The molecular formula is C62H72F4N22O3S7. The van der Waals surface area contributed by atoms with Gasteiger partial charge < -0.3 is 46.6 Å². The van der Waals surface area contributed by atoms with E-state index in [1.807, 2.05) is 69.8 Å². The Kier molecular flexibility index (Phi) is 26.1. The van der Waals surface area contributed by atoms with Crippen LogP contribution in [-0.2, 0) is 58.5 Å². The highest BCUT2D eigenvalue weighted by Crippen LogP contribution is 2.28. The minimum absolute atomic E-state index is 0.183. The van der Waals surface area contributed by atoms with E-state index < -0.39 is 32.4 Å². The molecule has 98 heavy (non-hydrogen) atoms. The third-order valence-electron chi connectivity index (χ3n) is 15.6. The largest absolute Gasteiger partial charge is 0.376 e. The zero-order valence-corrected chi connectivity index (χ0v) is 59.2. The maximum atomic E-state index is 14.6. The van der Waals surface area contributed by atoms with Crippen molar-refractivity contribution in [2.24, 2.45) is 5.73 Å². The highest BCUT2D eigenvalue weighted by Gasteiger charge is 2.23. The van der Waals surface area contributed by atoms with Crippen LogP contribution in [0.25, 0.3) is 22.7 Å². The standard InChI is InChI=1S/C19H19FN6S2.C15H19FN6OS2.C14H17FN6OS2.C14H17FN4OS/c20-16-11-15(4-5-18(16)25-7-9-28-10-8-25)26-13-14(23-24-26)12-22-19(27)17-3-1-2-6-21-17;1-17-15(24)18-9-11-10-22(20-19-11)12-2-3-14(13(16)8-12)21-4-6-25(23)7-5-21;15-12-7-11(21-9-10(18-19-21)8-17-14(16)23)1-2-13(12)20-3-5-24(22)6-4-20;1-2-11-10-19(17-16-11)12-3-4-14(13(15)9-12)18-5-7-21(20)8-6-18/h1-6,11,13H,7-10,12H2,(H,22,27);2-3,8,10H,4-7,9H2,1H3,(H2,17,18,24);1-2,7,9H,3-6,8H2,(H3,16,17,23);3-4,9-10H,2,5-8H2,1H3. The number of thiocarbonyl (C=S) groups is 3. The van der Waals surface area contributed by atoms with E-state index in [1.165, 1.54) is 33.6 Å². The average molecular weight is 1470 g/mol. The fourth-order valence-electron chi connectivity index (χ4n) is 10.3. The third kappa shape index (κ3) is 20.1. The van der Waals surface area contributed by atoms with Gasteiger partial charge in [0.15, 0.2) is 10.2 Å². The van der Waals surface area contributed by atoms with Crippen LogP contribution in [0.15, 0.2) is 122 Å². The van der Waals surface area contributed by atoms with Gasteiger partial charge in [-0.25, -0.2) is 36.3 Å². The molecule has 4 aliphatic rings. The van der Waals surface area contributed by atoms with Gasteiger partial charge in [-0.2, -0.15) is 11.8 Å². The summed E-state index contributed by atoms with van der Waals surface area (Å²) in [5.41, 5.74) is 13.7. The van der Waals surface area contributed by atoms with Gasteiger partial charge in [0.05, 0.1) is 101 Å². The summed E-state index contributed by atoms with van der Waals surface area (Å²) in [6.45, 7) is 8.62. The van der Waals surface area contributed by atoms with Crippen molar-refractivity contribution in [2.75, 3.05) is 125 Å². The van der Waals surface area contributed by atoms with E-state index in [2.05, 4.69) is 72.4 Å². The first kappa shape index (κ1) is 72.3. The monoisotopic (exact) mass is 1470 g/mol. The van der Waals surface area contributed by atoms with Gasteiger partial charge in [-0.1, -0.05) is 46.1 Å². The Bertz CT molecular complexity index is 4240. The van der Waals surface area contributed by atoms with E-state index in [1.54, 1.807) is 77.7 Å². The van der Waals surface area contributed by atoms with Gasteiger partial charge in [0, 0.05) is 168 Å². The molecule has 5 aromatic heterocycles. The molecule has 9 heterocycles. The minimum Gasteiger partial charge on any atom is -0.376 e. The third-order valence-corrected chi connectivity index (χ3v) is 21.3. The van der Waals surface area contributed by atoms with Gasteiger partial charge in [-0.15, -0.1) is 20.4 Å². The van der Waals surface area contributed by atoms with Crippen molar-refractivity contribution in [3.05, 3.63) is 174 Å². The minimum atomic E-state index is -0.789. The van der Waals surface area contributed by atoms with E-state index in [0.29, 0.717) is 172 Å². The Labute approximate surface area is 591 Å². The molecule has 9 aromatic rings. The fourth-order valence-corrected chi connectivity index (χ4v) is 14.7. The molecule has 518 valence electrons. The van der Waals surface area contributed by atoms with E-state index in [4.69, 9.17) is 42.4 Å². The predicted molar refractivity (Wildman–Crippen MR) is 389 cm³/mol. The number of anilines is 4. The molecule has 0 aliphatic carbocycles. The summed E-state index contributed by atoms with van der Waals surface area (Å²) < 4.78 is 98.3. The molecule has 4 saturated heterocycles. The van der Waals surface area contributed by atoms with Crippen molar-refractivity contribution in [2.45, 2.75) is 33.0 Å². The summed E-state index contributed by atoms with van der Waals surface area (Å²) in [6, 6.07) is 25.7. The van der Waals surface area contributed by atoms with Crippen LogP contribution in [0.1, 0.15) is 35.4 Å². The second-order valence-corrected chi connectivity index (χ2v) is 29.7. The van der Waals surface area contributed by atoms with Crippen LogP contribution in [-0.4, -0.2) is 198 Å². The number of pyridine rings is 1. The Balaban J connectivity index is 0.000000142. The van der Waals surface area contributed by atoms with Crippen molar-refractivity contribution >= 4 is 119 Å². The maximum absolute atomic E-state index is 14.6. The Morgan fingerprint density at radius 3 is 1.16 bits per heavy atom. The first-order valence-corrected chi connectivity index (χ1v) is 38.0. The van der Waals surface area contributed by atoms with Crippen LogP contribution in [0, 0.1) is 23.3 Å². The molecular weight excluding hydrogens is 1400 g/mol. The van der Waals surface area contributed by atoms with Gasteiger partial charge in [-0.3, -0.25) is 17.6 Å². The summed E-state index contributed by atoms with van der Waals surface area (Å²) >= 11 is 17.0. The number of aromatic nitrogens is 13. The molecule has 0 saturated carbocycles. The van der Waals surface area contributed by atoms with Gasteiger partial charge in [0.25, 0.3) is 0 Å². The molecule has 0 amide bonds. The summed E-state index contributed by atoms with van der Waals surface area (Å²) in [5, 5.41) is 44.7. The van der Waals surface area contributed by atoms with Gasteiger partial charge in [0.2, 0.25) is 0 Å². The molecule has 4 fully saturated rings. The Hall–Kier alpha value is -8.42. The Morgan fingerprint density at radius 2 is 0.837 bits per heavy atom. The van der Waals surface area contributed by atoms with Crippen molar-refractivity contribution in [3.8, 4) is 22.7 Å². The molecule has 25 nitrogen and oxygen atoms in total. The van der Waals surface area contributed by atoms with Crippen molar-refractivity contribution in [1.29, 1.82) is 0 Å². The molecule has 0 bridgehead atoms. The fraction of sp³-hybridized carbons (Fsp3) is 0.355. The van der Waals surface area contributed by atoms with Crippen LogP contribution >= 0.6 is 48.4 Å². The van der Waals surface area contributed by atoms with Crippen molar-refractivity contribution < 1.29 is 30.2 Å². The van der Waals surface area contributed by atoms with Gasteiger partial charge in [-0.05, 0) is 91.5 Å². The van der Waals surface area contributed by atoms with Gasteiger partial charge >= 0.3 is 0 Å². The van der Waals surface area contributed by atoms with Crippen molar-refractivity contribution in [1.82, 2.24) is 86.2 Å². The predicted octanol–water partition coefficient (Wildman–Crippen LogP) is 5.23. The number of thioether (sulfide) groups is 1. The van der Waals surface area contributed by atoms with Crippen LogP contribution in [0.5, 0.6) is 0 Å². The second-order valence-electron chi connectivity index (χ2n) is 22.2. The molecule has 0 unspecified atom stereocenters. The smallest absolute Gasteiger partial charge is 0.166 e. The topological polar surface area (TPSA) is 274 Å². The summed E-state index contributed by atoms with van der Waals surface area (Å²) in [4.78, 5) is 12.6. The second kappa shape index (κ2) is 35.4. The molecule has 0 atom stereocenters. The lowest BCUT2D eigenvalue weighted by Gasteiger charge is -2.28. The van der Waals surface area contributed by atoms with E-state index in [0.717, 1.165) is 36.7 Å². The number of halogens is 4. The zero-order valence-electron chi connectivity index (χ0n) is 53.5. The normalized spacial score (nSPS) is 15.2. The highest BCUT2D eigenvalue weighted by atomic mass is 32.2. The lowest BCUT2D eigenvalue weighted by Crippen LogP contribution is -2.38. The highest BCUT2D eigenvalue weighted by molar-refractivity contribution is 7.99. The summed E-state index contributed by atoms with van der Waals surface area (Å²) in [5.74, 6) is 4.38. The number of benzene rings is 4. The number of hydrogen-bond donors (Lipinski definition) is 5. The van der Waals surface area contributed by atoms with Crippen LogP contribution in [0.4, 0.5) is 40.3 Å². The molecule has 13 rings (SSSR count). The summed E-state index contributed by atoms with van der Waals surface area (Å²) in [6.07, 6.45) is 9.47. The van der Waals surface area contributed by atoms with Crippen molar-refractivity contribution in [3.63, 3.8) is 0 Å². The Morgan fingerprint density at radius 1 is 0.490 bits per heavy atom. The molecule has 0 radical (unpaired) electrons. The number of hydrogen-bond acceptors (Lipinski definition) is 20. The molecule has 4 aliphatic heterocycles. The molecule has 36 heteroatoms. The van der Waals surface area contributed by atoms with E-state index in [9.17, 15) is 30.2 Å². The maximum Gasteiger partial charge on any atom is 0.166 e. The number of nitrogens with one attached hydrogen (secondary N) is 4. The molecule has 6 N–H and O–H groups in total. The summed E-state index contributed by atoms with van der Waals surface area (Å²) in [7, 11) is -0.601. The van der Waals surface area contributed by atoms with Gasteiger partial charge in [0.1, 0.15) is 45.3 Å².